The van der Waals surface area contributed by atoms with Gasteiger partial charge in [0, 0.05) is 23.2 Å². The van der Waals surface area contributed by atoms with Crippen LogP contribution in [0, 0.1) is 6.92 Å². The van der Waals surface area contributed by atoms with E-state index >= 15 is 0 Å². The molecule has 1 heterocycles. The van der Waals surface area contributed by atoms with Crippen LogP contribution in [0.25, 0.3) is 5.69 Å². The van der Waals surface area contributed by atoms with Crippen LogP contribution in [0.3, 0.4) is 0 Å². The molecule has 0 atom stereocenters. The smallest absolute Gasteiger partial charge is 0.170 e. The van der Waals surface area contributed by atoms with Crippen LogP contribution in [0.2, 0.25) is 5.02 Å². The molecule has 0 aliphatic heterocycles. The minimum atomic E-state index is 0.383. The molecule has 2 aromatic carbocycles. The molecule has 122 valence electrons. The zero-order chi connectivity index (χ0) is 17.1. The number of carbonyl (C=O) groups is 1. The molecule has 5 heteroatoms. The summed E-state index contributed by atoms with van der Waals surface area (Å²) in [6.45, 7) is 2.05. The number of halogens is 1. The summed E-state index contributed by atoms with van der Waals surface area (Å²) >= 11 is 6.03. The molecule has 3 aromatic rings. The quantitative estimate of drug-likeness (QED) is 0.652. The third kappa shape index (κ3) is 3.34. The zero-order valence-corrected chi connectivity index (χ0v) is 14.2. The van der Waals surface area contributed by atoms with Crippen LogP contribution in [0.1, 0.15) is 27.3 Å². The number of nitrogens with zero attached hydrogens (tertiary/aromatic N) is 2. The van der Waals surface area contributed by atoms with E-state index in [1.54, 1.807) is 30.0 Å². The predicted molar refractivity (Wildman–Crippen MR) is 94.5 cm³/mol. The largest absolute Gasteiger partial charge is 0.494 e. The number of benzene rings is 2. The highest BCUT2D eigenvalue weighted by molar-refractivity contribution is 6.30. The molecule has 0 radical (unpaired) electrons. The van der Waals surface area contributed by atoms with E-state index in [0.717, 1.165) is 23.2 Å². The third-order valence-corrected chi connectivity index (χ3v) is 4.03. The lowest BCUT2D eigenvalue weighted by Crippen LogP contribution is -2.05. The molecule has 0 N–H and O–H groups in total. The van der Waals surface area contributed by atoms with Crippen LogP contribution in [-0.2, 0) is 6.42 Å². The SMILES string of the molecule is COc1cc(Cl)ccc1-n1nc(C=O)cc1Cc1ccc(C)cc1. The van der Waals surface area contributed by atoms with Gasteiger partial charge in [0.2, 0.25) is 0 Å². The van der Waals surface area contributed by atoms with Crippen molar-refractivity contribution in [2.24, 2.45) is 0 Å². The Kier molecular flexibility index (Phi) is 4.67. The number of aromatic nitrogens is 2. The average Bonchev–Trinajstić information content (AvgIpc) is 2.99. The Bertz CT molecular complexity index is 870. The van der Waals surface area contributed by atoms with Gasteiger partial charge in [-0.15, -0.1) is 0 Å². The molecule has 0 saturated carbocycles. The molecule has 3 rings (SSSR count). The molecule has 0 saturated heterocycles. The number of methoxy groups -OCH3 is 1. The first kappa shape index (κ1) is 16.3. The maximum Gasteiger partial charge on any atom is 0.170 e. The average molecular weight is 341 g/mol. The fourth-order valence-electron chi connectivity index (χ4n) is 2.57. The molecule has 0 unspecified atom stereocenters. The Morgan fingerprint density at radius 3 is 2.58 bits per heavy atom. The Morgan fingerprint density at radius 2 is 1.92 bits per heavy atom. The highest BCUT2D eigenvalue weighted by atomic mass is 35.5. The van der Waals surface area contributed by atoms with Gasteiger partial charge in [-0.25, -0.2) is 4.68 Å². The number of aldehydes is 1. The molecule has 0 aliphatic carbocycles. The van der Waals surface area contributed by atoms with Crippen molar-refractivity contribution in [1.82, 2.24) is 9.78 Å². The van der Waals surface area contributed by atoms with E-state index in [-0.39, 0.29) is 0 Å². The first-order valence-corrected chi connectivity index (χ1v) is 7.92. The molecule has 0 bridgehead atoms. The number of rotatable bonds is 5. The van der Waals surface area contributed by atoms with Gasteiger partial charge < -0.3 is 4.74 Å². The minimum absolute atomic E-state index is 0.383. The lowest BCUT2D eigenvalue weighted by atomic mass is 10.1. The van der Waals surface area contributed by atoms with Gasteiger partial charge in [0.05, 0.1) is 7.11 Å². The highest BCUT2D eigenvalue weighted by Gasteiger charge is 2.14. The van der Waals surface area contributed by atoms with Crippen molar-refractivity contribution in [2.45, 2.75) is 13.3 Å². The summed E-state index contributed by atoms with van der Waals surface area (Å²) in [4.78, 5) is 11.2. The van der Waals surface area contributed by atoms with Gasteiger partial charge in [-0.1, -0.05) is 41.4 Å². The Hall–Kier alpha value is -2.59. The second-order valence-corrected chi connectivity index (χ2v) is 6.01. The molecule has 4 nitrogen and oxygen atoms in total. The fourth-order valence-corrected chi connectivity index (χ4v) is 2.74. The summed E-state index contributed by atoms with van der Waals surface area (Å²) < 4.78 is 7.15. The van der Waals surface area contributed by atoms with Crippen molar-refractivity contribution in [2.75, 3.05) is 7.11 Å². The predicted octanol–water partition coefficient (Wildman–Crippen LogP) is 4.25. The van der Waals surface area contributed by atoms with Crippen molar-refractivity contribution >= 4 is 17.9 Å². The van der Waals surface area contributed by atoms with Crippen LogP contribution in [0.5, 0.6) is 5.75 Å². The summed E-state index contributed by atoms with van der Waals surface area (Å²) in [5.74, 6) is 0.605. The molecule has 24 heavy (non-hydrogen) atoms. The second kappa shape index (κ2) is 6.89. The van der Waals surface area contributed by atoms with E-state index in [2.05, 4.69) is 36.3 Å². The van der Waals surface area contributed by atoms with Crippen molar-refractivity contribution in [3.8, 4) is 11.4 Å². The summed E-state index contributed by atoms with van der Waals surface area (Å²) in [5.41, 5.74) is 4.39. The summed E-state index contributed by atoms with van der Waals surface area (Å²) in [7, 11) is 1.58. The summed E-state index contributed by atoms with van der Waals surface area (Å²) in [6, 6.07) is 15.4. The van der Waals surface area contributed by atoms with Crippen LogP contribution in [0.15, 0.2) is 48.5 Å². The summed E-state index contributed by atoms with van der Waals surface area (Å²) in [5, 5.41) is 4.96. The Balaban J connectivity index is 2.06. The summed E-state index contributed by atoms with van der Waals surface area (Å²) in [6.07, 6.45) is 1.41. The number of ether oxygens (including phenoxy) is 1. The molecule has 0 aliphatic rings. The van der Waals surface area contributed by atoms with Crippen molar-refractivity contribution in [3.63, 3.8) is 0 Å². The van der Waals surface area contributed by atoms with Crippen LogP contribution >= 0.6 is 11.6 Å². The first-order valence-electron chi connectivity index (χ1n) is 7.54. The van der Waals surface area contributed by atoms with Gasteiger partial charge >= 0.3 is 0 Å². The number of hydrogen-bond donors (Lipinski definition) is 0. The molecule has 1 aromatic heterocycles. The maximum absolute atomic E-state index is 11.2. The standard InChI is InChI=1S/C19H17ClN2O2/c1-13-3-5-14(6-4-13)9-17-11-16(12-23)21-22(17)18-8-7-15(20)10-19(18)24-2/h3-8,10-12H,9H2,1-2H3. The lowest BCUT2D eigenvalue weighted by molar-refractivity contribution is 0.111. The van der Waals surface area contributed by atoms with Crippen LogP contribution in [0.4, 0.5) is 0 Å². The minimum Gasteiger partial charge on any atom is -0.494 e. The van der Waals surface area contributed by atoms with E-state index in [4.69, 9.17) is 16.3 Å². The number of aryl methyl sites for hydroxylation is 1. The van der Waals surface area contributed by atoms with Crippen molar-refractivity contribution < 1.29 is 9.53 Å². The molecular formula is C19H17ClN2O2. The van der Waals surface area contributed by atoms with E-state index in [0.29, 0.717) is 22.9 Å². The monoisotopic (exact) mass is 340 g/mol. The second-order valence-electron chi connectivity index (χ2n) is 5.57. The van der Waals surface area contributed by atoms with Gasteiger partial charge in [0.1, 0.15) is 17.1 Å². The van der Waals surface area contributed by atoms with E-state index in [9.17, 15) is 4.79 Å². The fraction of sp³-hybridized carbons (Fsp3) is 0.158. The highest BCUT2D eigenvalue weighted by Crippen LogP contribution is 2.28. The first-order chi connectivity index (χ1) is 11.6. The molecule has 0 fully saturated rings. The van der Waals surface area contributed by atoms with Gasteiger partial charge in [0.25, 0.3) is 0 Å². The number of carbonyl (C=O) groups excluding carboxylic acids is 1. The molecule has 0 spiro atoms. The zero-order valence-electron chi connectivity index (χ0n) is 13.5. The van der Waals surface area contributed by atoms with Crippen molar-refractivity contribution in [1.29, 1.82) is 0 Å². The molecular weight excluding hydrogens is 324 g/mol. The van der Waals surface area contributed by atoms with Gasteiger partial charge in [0.15, 0.2) is 6.29 Å². The Morgan fingerprint density at radius 1 is 1.17 bits per heavy atom. The van der Waals surface area contributed by atoms with E-state index in [1.165, 1.54) is 5.56 Å². The normalized spacial score (nSPS) is 10.6. The Labute approximate surface area is 145 Å². The van der Waals surface area contributed by atoms with Crippen LogP contribution in [-0.4, -0.2) is 23.2 Å². The molecule has 0 amide bonds. The van der Waals surface area contributed by atoms with Crippen LogP contribution < -0.4 is 4.74 Å². The third-order valence-electron chi connectivity index (χ3n) is 3.80. The van der Waals surface area contributed by atoms with Gasteiger partial charge in [-0.2, -0.15) is 5.10 Å². The number of hydrogen-bond acceptors (Lipinski definition) is 3. The maximum atomic E-state index is 11.2. The lowest BCUT2D eigenvalue weighted by Gasteiger charge is -2.12. The van der Waals surface area contributed by atoms with E-state index in [1.807, 2.05) is 6.07 Å². The van der Waals surface area contributed by atoms with Gasteiger partial charge in [-0.3, -0.25) is 4.79 Å². The van der Waals surface area contributed by atoms with E-state index < -0.39 is 0 Å². The topological polar surface area (TPSA) is 44.1 Å². The van der Waals surface area contributed by atoms with Gasteiger partial charge in [-0.05, 0) is 30.7 Å². The van der Waals surface area contributed by atoms with Crippen molar-refractivity contribution in [3.05, 3.63) is 76.1 Å².